The van der Waals surface area contributed by atoms with E-state index < -0.39 is 5.82 Å². The van der Waals surface area contributed by atoms with Crippen LogP contribution in [0.15, 0.2) is 42.5 Å². The third kappa shape index (κ3) is 2.96. The number of para-hydroxylation sites is 1. The Labute approximate surface area is 117 Å². The molecule has 0 aliphatic carbocycles. The van der Waals surface area contributed by atoms with Crippen molar-refractivity contribution in [2.45, 2.75) is 19.8 Å². The van der Waals surface area contributed by atoms with Crippen molar-refractivity contribution in [1.82, 2.24) is 0 Å². The SMILES string of the molecule is CC(C)c1ccccc1Oc1ccc(F)cc1C(=N)N. The zero-order valence-electron chi connectivity index (χ0n) is 11.5. The van der Waals surface area contributed by atoms with Gasteiger partial charge in [0.05, 0.1) is 5.56 Å². The molecule has 2 aromatic rings. The number of benzene rings is 2. The predicted octanol–water partition coefficient (Wildman–Crippen LogP) is 4.03. The van der Waals surface area contributed by atoms with Crippen LogP contribution in [0.3, 0.4) is 0 Å². The summed E-state index contributed by atoms with van der Waals surface area (Å²) in [7, 11) is 0. The van der Waals surface area contributed by atoms with Crippen molar-refractivity contribution in [2.75, 3.05) is 0 Å². The van der Waals surface area contributed by atoms with Crippen LogP contribution < -0.4 is 10.5 Å². The van der Waals surface area contributed by atoms with Crippen LogP contribution >= 0.6 is 0 Å². The van der Waals surface area contributed by atoms with Gasteiger partial charge in [0.15, 0.2) is 0 Å². The summed E-state index contributed by atoms with van der Waals surface area (Å²) in [6, 6.07) is 11.6. The molecule has 0 fully saturated rings. The first kappa shape index (κ1) is 14.1. The molecule has 0 unspecified atom stereocenters. The monoisotopic (exact) mass is 272 g/mol. The molecular weight excluding hydrogens is 255 g/mol. The Morgan fingerprint density at radius 1 is 1.15 bits per heavy atom. The van der Waals surface area contributed by atoms with Gasteiger partial charge < -0.3 is 10.5 Å². The van der Waals surface area contributed by atoms with Crippen LogP contribution in [0.25, 0.3) is 0 Å². The average molecular weight is 272 g/mol. The molecule has 2 rings (SSSR count). The fourth-order valence-electron chi connectivity index (χ4n) is 1.97. The molecule has 4 heteroatoms. The Balaban J connectivity index is 2.43. The molecule has 0 saturated carbocycles. The van der Waals surface area contributed by atoms with Gasteiger partial charge in [-0.1, -0.05) is 32.0 Å². The first-order valence-electron chi connectivity index (χ1n) is 6.39. The quantitative estimate of drug-likeness (QED) is 0.652. The van der Waals surface area contributed by atoms with E-state index in [1.54, 1.807) is 0 Å². The molecule has 0 aromatic heterocycles. The van der Waals surface area contributed by atoms with Crippen LogP contribution in [0.5, 0.6) is 11.5 Å². The number of nitrogens with two attached hydrogens (primary N) is 1. The summed E-state index contributed by atoms with van der Waals surface area (Å²) in [5.74, 6) is 0.706. The van der Waals surface area contributed by atoms with E-state index in [9.17, 15) is 4.39 Å². The van der Waals surface area contributed by atoms with Crippen LogP contribution in [0.2, 0.25) is 0 Å². The first-order valence-corrected chi connectivity index (χ1v) is 6.39. The van der Waals surface area contributed by atoms with Gasteiger partial charge in [-0.3, -0.25) is 5.41 Å². The number of rotatable bonds is 4. The highest BCUT2D eigenvalue weighted by Crippen LogP contribution is 2.32. The lowest BCUT2D eigenvalue weighted by atomic mass is 10.0. The molecule has 0 amide bonds. The molecule has 0 aliphatic rings. The second kappa shape index (κ2) is 5.74. The van der Waals surface area contributed by atoms with E-state index in [1.807, 2.05) is 24.3 Å². The summed E-state index contributed by atoms with van der Waals surface area (Å²) in [5.41, 5.74) is 6.77. The normalized spacial score (nSPS) is 10.6. The van der Waals surface area contributed by atoms with Crippen molar-refractivity contribution >= 4 is 5.84 Å². The van der Waals surface area contributed by atoms with Gasteiger partial charge >= 0.3 is 0 Å². The summed E-state index contributed by atoms with van der Waals surface area (Å²) in [5, 5.41) is 7.51. The number of hydrogen-bond acceptors (Lipinski definition) is 2. The van der Waals surface area contributed by atoms with E-state index in [0.717, 1.165) is 5.56 Å². The van der Waals surface area contributed by atoms with E-state index in [0.29, 0.717) is 17.4 Å². The van der Waals surface area contributed by atoms with Crippen molar-refractivity contribution in [2.24, 2.45) is 5.73 Å². The minimum atomic E-state index is -0.445. The molecule has 2 aromatic carbocycles. The predicted molar refractivity (Wildman–Crippen MR) is 78.0 cm³/mol. The summed E-state index contributed by atoms with van der Waals surface area (Å²) in [4.78, 5) is 0. The van der Waals surface area contributed by atoms with Crippen LogP contribution in [0.1, 0.15) is 30.9 Å². The van der Waals surface area contributed by atoms with E-state index in [4.69, 9.17) is 15.9 Å². The van der Waals surface area contributed by atoms with Gasteiger partial charge in [0.1, 0.15) is 23.2 Å². The van der Waals surface area contributed by atoms with E-state index >= 15 is 0 Å². The maximum Gasteiger partial charge on any atom is 0.138 e. The lowest BCUT2D eigenvalue weighted by molar-refractivity contribution is 0.470. The molecule has 3 N–H and O–H groups in total. The van der Waals surface area contributed by atoms with E-state index in [-0.39, 0.29) is 11.4 Å². The van der Waals surface area contributed by atoms with Crippen molar-refractivity contribution in [3.63, 3.8) is 0 Å². The lowest BCUT2D eigenvalue weighted by Gasteiger charge is -2.15. The Morgan fingerprint density at radius 2 is 1.85 bits per heavy atom. The molecule has 3 nitrogen and oxygen atoms in total. The second-order valence-electron chi connectivity index (χ2n) is 4.85. The van der Waals surface area contributed by atoms with Crippen LogP contribution in [-0.2, 0) is 0 Å². The van der Waals surface area contributed by atoms with E-state index in [1.165, 1.54) is 18.2 Å². The zero-order chi connectivity index (χ0) is 14.7. The molecule has 20 heavy (non-hydrogen) atoms. The third-order valence-corrected chi connectivity index (χ3v) is 2.99. The van der Waals surface area contributed by atoms with Crippen LogP contribution in [0, 0.1) is 11.2 Å². The second-order valence-corrected chi connectivity index (χ2v) is 4.85. The minimum Gasteiger partial charge on any atom is -0.456 e. The highest BCUT2D eigenvalue weighted by molar-refractivity contribution is 5.97. The van der Waals surface area contributed by atoms with Gasteiger partial charge in [-0.05, 0) is 35.7 Å². The van der Waals surface area contributed by atoms with Gasteiger partial charge in [-0.15, -0.1) is 0 Å². The maximum atomic E-state index is 13.2. The van der Waals surface area contributed by atoms with Gasteiger partial charge in [-0.25, -0.2) is 4.39 Å². The van der Waals surface area contributed by atoms with Gasteiger partial charge in [-0.2, -0.15) is 0 Å². The van der Waals surface area contributed by atoms with Crippen molar-refractivity contribution in [3.8, 4) is 11.5 Å². The topological polar surface area (TPSA) is 59.1 Å². The summed E-state index contributed by atoms with van der Waals surface area (Å²) < 4.78 is 19.1. The van der Waals surface area contributed by atoms with Crippen molar-refractivity contribution in [1.29, 1.82) is 5.41 Å². The maximum absolute atomic E-state index is 13.2. The highest BCUT2D eigenvalue weighted by atomic mass is 19.1. The zero-order valence-corrected chi connectivity index (χ0v) is 11.5. The molecule has 0 radical (unpaired) electrons. The molecule has 0 atom stereocenters. The standard InChI is InChI=1S/C16H17FN2O/c1-10(2)12-5-3-4-6-14(12)20-15-8-7-11(17)9-13(15)16(18)19/h3-10H,1-2H3,(H3,18,19). The average Bonchev–Trinajstić information content (AvgIpc) is 2.41. The minimum absolute atomic E-state index is 0.221. The summed E-state index contributed by atoms with van der Waals surface area (Å²) in [6.07, 6.45) is 0. The molecular formula is C16H17FN2O. The molecule has 104 valence electrons. The van der Waals surface area contributed by atoms with Gasteiger partial charge in [0.25, 0.3) is 0 Å². The first-order chi connectivity index (χ1) is 9.49. The molecule has 0 saturated heterocycles. The fraction of sp³-hybridized carbons (Fsp3) is 0.188. The number of hydrogen-bond donors (Lipinski definition) is 2. The van der Waals surface area contributed by atoms with Crippen LogP contribution in [-0.4, -0.2) is 5.84 Å². The smallest absolute Gasteiger partial charge is 0.138 e. The Hall–Kier alpha value is -2.36. The molecule has 0 heterocycles. The largest absolute Gasteiger partial charge is 0.456 e. The van der Waals surface area contributed by atoms with Gasteiger partial charge in [0, 0.05) is 0 Å². The lowest BCUT2D eigenvalue weighted by Crippen LogP contribution is -2.12. The number of nitrogens with one attached hydrogen (secondary N) is 1. The molecule has 0 spiro atoms. The summed E-state index contributed by atoms with van der Waals surface area (Å²) in [6.45, 7) is 4.14. The molecule has 0 aliphatic heterocycles. The van der Waals surface area contributed by atoms with Crippen LogP contribution in [0.4, 0.5) is 4.39 Å². The number of nitrogen functional groups attached to an aromatic ring is 1. The Bertz CT molecular complexity index is 638. The number of ether oxygens (including phenoxy) is 1. The van der Waals surface area contributed by atoms with E-state index in [2.05, 4.69) is 13.8 Å². The Kier molecular flexibility index (Phi) is 4.03. The van der Waals surface area contributed by atoms with Gasteiger partial charge in [0.2, 0.25) is 0 Å². The number of amidine groups is 1. The number of halogens is 1. The van der Waals surface area contributed by atoms with Crippen molar-refractivity contribution in [3.05, 3.63) is 59.4 Å². The molecule has 0 bridgehead atoms. The van der Waals surface area contributed by atoms with Crippen molar-refractivity contribution < 1.29 is 9.13 Å². The summed E-state index contributed by atoms with van der Waals surface area (Å²) >= 11 is 0. The fourth-order valence-corrected chi connectivity index (χ4v) is 1.97. The highest BCUT2D eigenvalue weighted by Gasteiger charge is 2.12. The Morgan fingerprint density at radius 3 is 2.50 bits per heavy atom. The third-order valence-electron chi connectivity index (χ3n) is 2.99.